The standard InChI is InChI=1S/C26H33N3O8S/c1-4-36-24(30)11-8-12-29-25(31)20-17-22(27-38(33,34)19-9-6-5-7-10-19)23(18-21(20)26(29)32)37-16-15-35-14-13-28(2)3/h5-7,9-10,17-18,27H,4,8,11-16H2,1-3H3. The van der Waals surface area contributed by atoms with Crippen LogP contribution in [-0.2, 0) is 24.3 Å². The summed E-state index contributed by atoms with van der Waals surface area (Å²) in [5.74, 6) is -1.44. The van der Waals surface area contributed by atoms with E-state index in [2.05, 4.69) is 4.72 Å². The summed E-state index contributed by atoms with van der Waals surface area (Å²) in [5, 5.41) is 0. The number of nitrogens with one attached hydrogen (secondary N) is 1. The van der Waals surface area contributed by atoms with E-state index in [0.717, 1.165) is 11.4 Å². The molecule has 206 valence electrons. The molecule has 1 heterocycles. The van der Waals surface area contributed by atoms with Crippen LogP contribution in [0.25, 0.3) is 0 Å². The smallest absolute Gasteiger partial charge is 0.305 e. The van der Waals surface area contributed by atoms with Crippen molar-refractivity contribution in [2.45, 2.75) is 24.7 Å². The van der Waals surface area contributed by atoms with Crippen LogP contribution in [0.3, 0.4) is 0 Å². The van der Waals surface area contributed by atoms with Crippen molar-refractivity contribution in [1.82, 2.24) is 9.80 Å². The molecule has 0 fully saturated rings. The topological polar surface area (TPSA) is 132 Å². The molecule has 2 amide bonds. The molecule has 12 heteroatoms. The van der Waals surface area contributed by atoms with Crippen LogP contribution in [0.2, 0.25) is 0 Å². The molecule has 0 atom stereocenters. The van der Waals surface area contributed by atoms with Crippen LogP contribution in [0.4, 0.5) is 5.69 Å². The highest BCUT2D eigenvalue weighted by atomic mass is 32.2. The number of esters is 1. The molecule has 0 aromatic heterocycles. The number of sulfonamides is 1. The molecule has 1 aliphatic rings. The minimum Gasteiger partial charge on any atom is -0.489 e. The van der Waals surface area contributed by atoms with Crippen LogP contribution in [0.5, 0.6) is 5.75 Å². The molecule has 0 bridgehead atoms. The van der Waals surface area contributed by atoms with Crippen LogP contribution < -0.4 is 9.46 Å². The fraction of sp³-hybridized carbons (Fsp3) is 0.423. The van der Waals surface area contributed by atoms with Crippen LogP contribution in [0.15, 0.2) is 47.4 Å². The summed E-state index contributed by atoms with van der Waals surface area (Å²) in [6.07, 6.45) is 0.303. The SMILES string of the molecule is CCOC(=O)CCCN1C(=O)c2cc(NS(=O)(=O)c3ccccc3)c(OCCOCCN(C)C)cc2C1=O. The lowest BCUT2D eigenvalue weighted by atomic mass is 10.1. The molecule has 2 aromatic rings. The van der Waals surface area contributed by atoms with E-state index in [1.165, 1.54) is 24.3 Å². The molecular formula is C26H33N3O8S. The predicted octanol–water partition coefficient (Wildman–Crippen LogP) is 2.38. The van der Waals surface area contributed by atoms with Crippen LogP contribution in [-0.4, -0.2) is 89.6 Å². The maximum absolute atomic E-state index is 13.0. The minimum atomic E-state index is -4.00. The van der Waals surface area contributed by atoms with Crippen molar-refractivity contribution in [1.29, 1.82) is 0 Å². The van der Waals surface area contributed by atoms with Gasteiger partial charge in [0.15, 0.2) is 0 Å². The Kier molecular flexibility index (Phi) is 10.2. The highest BCUT2D eigenvalue weighted by Gasteiger charge is 2.37. The number of carbonyl (C=O) groups excluding carboxylic acids is 3. The highest BCUT2D eigenvalue weighted by molar-refractivity contribution is 7.92. The Balaban J connectivity index is 1.81. The normalized spacial score (nSPS) is 13.1. The second-order valence-electron chi connectivity index (χ2n) is 8.75. The number of benzene rings is 2. The van der Waals surface area contributed by atoms with Gasteiger partial charge >= 0.3 is 5.97 Å². The van der Waals surface area contributed by atoms with Crippen LogP contribution in [0, 0.1) is 0 Å². The molecule has 11 nitrogen and oxygen atoms in total. The number of amides is 2. The summed E-state index contributed by atoms with van der Waals surface area (Å²) in [4.78, 5) is 40.7. The van der Waals surface area contributed by atoms with E-state index in [0.29, 0.717) is 6.61 Å². The van der Waals surface area contributed by atoms with E-state index in [9.17, 15) is 22.8 Å². The minimum absolute atomic E-state index is 0.0200. The first-order valence-electron chi connectivity index (χ1n) is 12.3. The molecule has 0 saturated heterocycles. The van der Waals surface area contributed by atoms with E-state index in [4.69, 9.17) is 14.2 Å². The lowest BCUT2D eigenvalue weighted by molar-refractivity contribution is -0.143. The fourth-order valence-electron chi connectivity index (χ4n) is 3.70. The van der Waals surface area contributed by atoms with Crippen molar-refractivity contribution in [3.05, 3.63) is 53.6 Å². The van der Waals surface area contributed by atoms with Crippen LogP contribution >= 0.6 is 0 Å². The maximum Gasteiger partial charge on any atom is 0.305 e. The number of anilines is 1. The number of imide groups is 1. The van der Waals surface area contributed by atoms with Gasteiger partial charge in [0.2, 0.25) is 0 Å². The Hall–Kier alpha value is -3.48. The average Bonchev–Trinajstić information content (AvgIpc) is 3.10. The van der Waals surface area contributed by atoms with Gasteiger partial charge in [0.25, 0.3) is 21.8 Å². The predicted molar refractivity (Wildman–Crippen MR) is 140 cm³/mol. The molecule has 38 heavy (non-hydrogen) atoms. The molecule has 1 N–H and O–H groups in total. The zero-order chi connectivity index (χ0) is 27.7. The molecular weight excluding hydrogens is 514 g/mol. The number of hydrogen-bond donors (Lipinski definition) is 1. The van der Waals surface area contributed by atoms with Gasteiger partial charge in [0.1, 0.15) is 12.4 Å². The lowest BCUT2D eigenvalue weighted by Crippen LogP contribution is -2.31. The van der Waals surface area contributed by atoms with Gasteiger partial charge in [0.05, 0.1) is 41.5 Å². The molecule has 1 aliphatic heterocycles. The van der Waals surface area contributed by atoms with Crippen molar-refractivity contribution in [2.24, 2.45) is 0 Å². The summed E-state index contributed by atoms with van der Waals surface area (Å²) < 4.78 is 44.7. The number of likely N-dealkylation sites (N-methyl/N-ethyl adjacent to an activating group) is 1. The first-order chi connectivity index (χ1) is 18.1. The van der Waals surface area contributed by atoms with Gasteiger partial charge in [-0.3, -0.25) is 24.0 Å². The Morgan fingerprint density at radius 1 is 1.00 bits per heavy atom. The summed E-state index contributed by atoms with van der Waals surface area (Å²) in [6.45, 7) is 3.51. The van der Waals surface area contributed by atoms with E-state index < -0.39 is 27.8 Å². The third kappa shape index (κ3) is 7.53. The van der Waals surface area contributed by atoms with Crippen molar-refractivity contribution in [2.75, 3.05) is 58.3 Å². The third-order valence-electron chi connectivity index (χ3n) is 5.60. The van der Waals surface area contributed by atoms with E-state index in [1.807, 2.05) is 19.0 Å². The zero-order valence-electron chi connectivity index (χ0n) is 21.8. The fourth-order valence-corrected chi connectivity index (χ4v) is 4.78. The first-order valence-corrected chi connectivity index (χ1v) is 13.8. The van der Waals surface area contributed by atoms with Crippen molar-refractivity contribution >= 4 is 33.5 Å². The molecule has 0 aliphatic carbocycles. The maximum atomic E-state index is 13.0. The Morgan fingerprint density at radius 3 is 2.34 bits per heavy atom. The van der Waals surface area contributed by atoms with Crippen molar-refractivity contribution in [3.63, 3.8) is 0 Å². The number of fused-ring (bicyclic) bond motifs is 1. The number of rotatable bonds is 15. The molecule has 3 rings (SSSR count). The molecule has 0 spiro atoms. The summed E-state index contributed by atoms with van der Waals surface area (Å²) in [7, 11) is -0.155. The molecule has 2 aromatic carbocycles. The monoisotopic (exact) mass is 547 g/mol. The van der Waals surface area contributed by atoms with E-state index in [1.54, 1.807) is 25.1 Å². The van der Waals surface area contributed by atoms with Crippen LogP contribution in [0.1, 0.15) is 40.5 Å². The van der Waals surface area contributed by atoms with Gasteiger partial charge in [-0.1, -0.05) is 18.2 Å². The lowest BCUT2D eigenvalue weighted by Gasteiger charge is -2.15. The molecule has 0 unspecified atom stereocenters. The zero-order valence-corrected chi connectivity index (χ0v) is 22.6. The van der Waals surface area contributed by atoms with E-state index in [-0.39, 0.29) is 66.7 Å². The highest BCUT2D eigenvalue weighted by Crippen LogP contribution is 2.35. The van der Waals surface area contributed by atoms with Gasteiger partial charge < -0.3 is 19.1 Å². The number of carbonyl (C=O) groups is 3. The summed E-state index contributed by atoms with van der Waals surface area (Å²) >= 11 is 0. The van der Waals surface area contributed by atoms with Gasteiger partial charge in [-0.05, 0) is 51.7 Å². The first kappa shape index (κ1) is 29.1. The van der Waals surface area contributed by atoms with Gasteiger partial charge in [-0.2, -0.15) is 0 Å². The second-order valence-corrected chi connectivity index (χ2v) is 10.4. The van der Waals surface area contributed by atoms with Gasteiger partial charge in [-0.15, -0.1) is 0 Å². The summed E-state index contributed by atoms with van der Waals surface area (Å²) in [5.41, 5.74) is 0.166. The van der Waals surface area contributed by atoms with Gasteiger partial charge in [-0.25, -0.2) is 8.42 Å². The quantitative estimate of drug-likeness (QED) is 0.203. The third-order valence-corrected chi connectivity index (χ3v) is 6.99. The van der Waals surface area contributed by atoms with Gasteiger partial charge in [0, 0.05) is 19.5 Å². The molecule has 0 saturated carbocycles. The number of ether oxygens (including phenoxy) is 3. The largest absolute Gasteiger partial charge is 0.489 e. The number of hydrogen-bond acceptors (Lipinski definition) is 9. The average molecular weight is 548 g/mol. The van der Waals surface area contributed by atoms with Crippen molar-refractivity contribution < 1.29 is 37.0 Å². The Bertz CT molecular complexity index is 1250. The van der Waals surface area contributed by atoms with Crippen molar-refractivity contribution in [3.8, 4) is 5.75 Å². The number of nitrogens with zero attached hydrogens (tertiary/aromatic N) is 2. The molecule has 0 radical (unpaired) electrons. The second kappa shape index (κ2) is 13.4. The summed E-state index contributed by atoms with van der Waals surface area (Å²) in [6, 6.07) is 10.4. The Labute approximate surface area is 222 Å². The van der Waals surface area contributed by atoms with E-state index >= 15 is 0 Å². The Morgan fingerprint density at radius 2 is 1.68 bits per heavy atom.